The summed E-state index contributed by atoms with van der Waals surface area (Å²) in [6.45, 7) is 9.68. The van der Waals surface area contributed by atoms with Crippen LogP contribution in [0.5, 0.6) is 0 Å². The largest absolute Gasteiger partial charge is 0.361 e. The molecule has 4 rings (SSSR count). The van der Waals surface area contributed by atoms with E-state index in [2.05, 4.69) is 36.3 Å². The average molecular weight is 466 g/mol. The Morgan fingerprint density at radius 3 is 2.52 bits per heavy atom. The number of rotatable bonds is 5. The van der Waals surface area contributed by atoms with Crippen LogP contribution < -0.4 is 5.32 Å². The van der Waals surface area contributed by atoms with Crippen LogP contribution in [0.25, 0.3) is 10.9 Å². The van der Waals surface area contributed by atoms with Crippen LogP contribution in [0.2, 0.25) is 5.02 Å². The number of nitrogens with one attached hydrogen (secondary N) is 2. The maximum absolute atomic E-state index is 13.6. The normalized spacial score (nSPS) is 19.0. The Morgan fingerprint density at radius 2 is 1.85 bits per heavy atom. The van der Waals surface area contributed by atoms with E-state index in [1.807, 2.05) is 55.3 Å². The van der Waals surface area contributed by atoms with Crippen LogP contribution in [0.4, 0.5) is 0 Å². The van der Waals surface area contributed by atoms with E-state index in [4.69, 9.17) is 11.6 Å². The Balaban J connectivity index is 1.50. The number of piperidine rings is 1. The molecule has 1 saturated heterocycles. The van der Waals surface area contributed by atoms with E-state index in [1.165, 1.54) is 5.56 Å². The van der Waals surface area contributed by atoms with E-state index in [9.17, 15) is 9.59 Å². The van der Waals surface area contributed by atoms with E-state index in [0.29, 0.717) is 24.6 Å². The highest BCUT2D eigenvalue weighted by atomic mass is 35.5. The second-order valence-corrected chi connectivity index (χ2v) is 10.5. The molecule has 1 aromatic heterocycles. The zero-order valence-corrected chi connectivity index (χ0v) is 20.4. The molecule has 0 spiro atoms. The molecule has 5 nitrogen and oxygen atoms in total. The summed E-state index contributed by atoms with van der Waals surface area (Å²) in [5.41, 5.74) is 2.50. The van der Waals surface area contributed by atoms with Crippen LogP contribution in [-0.2, 0) is 4.79 Å². The summed E-state index contributed by atoms with van der Waals surface area (Å²) in [5, 5.41) is 4.73. The lowest BCUT2D eigenvalue weighted by atomic mass is 9.70. The number of halogens is 1. The van der Waals surface area contributed by atoms with Crippen molar-refractivity contribution in [1.82, 2.24) is 15.2 Å². The van der Waals surface area contributed by atoms with E-state index in [0.717, 1.165) is 22.3 Å². The minimum atomic E-state index is -0.578. The topological polar surface area (TPSA) is 65.2 Å². The van der Waals surface area contributed by atoms with Crippen LogP contribution in [0.3, 0.4) is 0 Å². The Bertz CT molecular complexity index is 1150. The number of para-hydroxylation sites is 1. The van der Waals surface area contributed by atoms with Crippen LogP contribution in [0.15, 0.2) is 54.7 Å². The summed E-state index contributed by atoms with van der Waals surface area (Å²) >= 11 is 6.07. The molecule has 1 aliphatic rings. The van der Waals surface area contributed by atoms with Gasteiger partial charge in [-0.05, 0) is 53.5 Å². The molecular formula is C27H32ClN3O2. The van der Waals surface area contributed by atoms with E-state index < -0.39 is 6.04 Å². The lowest BCUT2D eigenvalue weighted by Gasteiger charge is -2.45. The number of amides is 2. The first-order chi connectivity index (χ1) is 15.7. The number of benzene rings is 2. The number of aromatic amines is 1. The zero-order chi connectivity index (χ0) is 23.8. The summed E-state index contributed by atoms with van der Waals surface area (Å²) in [6, 6.07) is 15.0. The molecule has 33 heavy (non-hydrogen) atoms. The van der Waals surface area contributed by atoms with Crippen molar-refractivity contribution in [3.63, 3.8) is 0 Å². The van der Waals surface area contributed by atoms with Gasteiger partial charge in [0, 0.05) is 29.7 Å². The summed E-state index contributed by atoms with van der Waals surface area (Å²) in [6.07, 6.45) is 2.69. The maximum Gasteiger partial charge on any atom is 0.254 e. The molecular weight excluding hydrogens is 434 g/mol. The van der Waals surface area contributed by atoms with Gasteiger partial charge in [0.05, 0.1) is 11.1 Å². The molecule has 0 unspecified atom stereocenters. The highest BCUT2D eigenvalue weighted by molar-refractivity contribution is 6.30. The third kappa shape index (κ3) is 4.79. The number of aromatic nitrogens is 1. The van der Waals surface area contributed by atoms with Gasteiger partial charge in [-0.1, -0.05) is 63.6 Å². The average Bonchev–Trinajstić information content (AvgIpc) is 3.26. The first-order valence-corrected chi connectivity index (χ1v) is 12.0. The van der Waals surface area contributed by atoms with Gasteiger partial charge in [-0.2, -0.15) is 0 Å². The van der Waals surface area contributed by atoms with Crippen molar-refractivity contribution in [2.75, 3.05) is 13.1 Å². The fourth-order valence-electron chi connectivity index (χ4n) is 5.06. The fraction of sp³-hybridized carbons (Fsp3) is 0.407. The Hall–Kier alpha value is -2.79. The molecule has 2 heterocycles. The molecule has 2 amide bonds. The fourth-order valence-corrected chi connectivity index (χ4v) is 5.19. The predicted octanol–water partition coefficient (Wildman–Crippen LogP) is 5.62. The first kappa shape index (κ1) is 23.4. The van der Waals surface area contributed by atoms with Crippen LogP contribution in [0.1, 0.15) is 56.0 Å². The SMILES string of the molecule is CC(C)[C@@H](NC(=O)c1cccc2cc[nH]c12)C(=O)N1CC[C@H](c2ccc(Cl)cc2)C(C)(C)C1. The van der Waals surface area contributed by atoms with Crippen molar-refractivity contribution in [3.8, 4) is 0 Å². The van der Waals surface area contributed by atoms with Gasteiger partial charge in [0.2, 0.25) is 5.91 Å². The Labute approximate surface area is 200 Å². The molecule has 2 atom stereocenters. The van der Waals surface area contributed by atoms with Gasteiger partial charge in [0.15, 0.2) is 0 Å². The van der Waals surface area contributed by atoms with Crippen molar-refractivity contribution in [1.29, 1.82) is 0 Å². The third-order valence-electron chi connectivity index (χ3n) is 6.86. The highest BCUT2D eigenvalue weighted by Gasteiger charge is 2.40. The predicted molar refractivity (Wildman–Crippen MR) is 134 cm³/mol. The number of likely N-dealkylation sites (tertiary alicyclic amines) is 1. The second-order valence-electron chi connectivity index (χ2n) is 10.1. The van der Waals surface area contributed by atoms with Gasteiger partial charge in [-0.3, -0.25) is 9.59 Å². The summed E-state index contributed by atoms with van der Waals surface area (Å²) in [5.74, 6) is 0.0721. The quantitative estimate of drug-likeness (QED) is 0.513. The van der Waals surface area contributed by atoms with Gasteiger partial charge in [0.25, 0.3) is 5.91 Å². The molecule has 6 heteroatoms. The minimum Gasteiger partial charge on any atom is -0.361 e. The standard InChI is InChI=1S/C27H32ClN3O2/c1-17(2)23(30-25(32)21-7-5-6-19-12-14-29-24(19)21)26(33)31-15-13-22(27(3,4)16-31)18-8-10-20(28)11-9-18/h5-12,14,17,22-23,29H,13,15-16H2,1-4H3,(H,30,32)/t22-,23-/m1/s1. The van der Waals surface area contributed by atoms with Gasteiger partial charge in [0.1, 0.15) is 6.04 Å². The highest BCUT2D eigenvalue weighted by Crippen LogP contribution is 2.42. The van der Waals surface area contributed by atoms with Crippen molar-refractivity contribution in [3.05, 3.63) is 70.9 Å². The molecule has 0 saturated carbocycles. The number of hydrogen-bond acceptors (Lipinski definition) is 2. The molecule has 0 radical (unpaired) electrons. The van der Waals surface area contributed by atoms with Crippen molar-refractivity contribution >= 4 is 34.3 Å². The maximum atomic E-state index is 13.6. The van der Waals surface area contributed by atoms with Crippen molar-refractivity contribution in [2.24, 2.45) is 11.3 Å². The van der Waals surface area contributed by atoms with Crippen LogP contribution >= 0.6 is 11.6 Å². The molecule has 3 aromatic rings. The summed E-state index contributed by atoms with van der Waals surface area (Å²) in [7, 11) is 0. The van der Waals surface area contributed by atoms with Gasteiger partial charge in [-0.15, -0.1) is 0 Å². The lowest BCUT2D eigenvalue weighted by molar-refractivity contribution is -0.137. The summed E-state index contributed by atoms with van der Waals surface area (Å²) < 4.78 is 0. The molecule has 1 fully saturated rings. The number of H-pyrrole nitrogens is 1. The van der Waals surface area contributed by atoms with Gasteiger partial charge < -0.3 is 15.2 Å². The molecule has 2 N–H and O–H groups in total. The molecule has 0 bridgehead atoms. The Kier molecular flexibility index (Phi) is 6.53. The molecule has 2 aromatic carbocycles. The van der Waals surface area contributed by atoms with Crippen molar-refractivity contribution < 1.29 is 9.59 Å². The number of hydrogen-bond donors (Lipinski definition) is 2. The smallest absolute Gasteiger partial charge is 0.254 e. The molecule has 0 aliphatic carbocycles. The number of nitrogens with zero attached hydrogens (tertiary/aromatic N) is 1. The second kappa shape index (κ2) is 9.22. The minimum absolute atomic E-state index is 0.0142. The van der Waals surface area contributed by atoms with Crippen LogP contribution in [0, 0.1) is 11.3 Å². The van der Waals surface area contributed by atoms with Crippen LogP contribution in [-0.4, -0.2) is 40.8 Å². The van der Waals surface area contributed by atoms with Gasteiger partial charge in [-0.25, -0.2) is 0 Å². The van der Waals surface area contributed by atoms with Crippen molar-refractivity contribution in [2.45, 2.75) is 46.1 Å². The monoisotopic (exact) mass is 465 g/mol. The van der Waals surface area contributed by atoms with E-state index >= 15 is 0 Å². The molecule has 174 valence electrons. The third-order valence-corrected chi connectivity index (χ3v) is 7.12. The number of carbonyl (C=O) groups is 2. The molecule has 1 aliphatic heterocycles. The summed E-state index contributed by atoms with van der Waals surface area (Å²) in [4.78, 5) is 31.8. The lowest BCUT2D eigenvalue weighted by Crippen LogP contribution is -2.55. The number of carbonyl (C=O) groups excluding carboxylic acids is 2. The van der Waals surface area contributed by atoms with E-state index in [-0.39, 0.29) is 23.1 Å². The zero-order valence-electron chi connectivity index (χ0n) is 19.7. The van der Waals surface area contributed by atoms with E-state index in [1.54, 1.807) is 6.07 Å². The van der Waals surface area contributed by atoms with Gasteiger partial charge >= 0.3 is 0 Å². The number of fused-ring (bicyclic) bond motifs is 1. The Morgan fingerprint density at radius 1 is 1.12 bits per heavy atom. The first-order valence-electron chi connectivity index (χ1n) is 11.6.